The van der Waals surface area contributed by atoms with Crippen molar-refractivity contribution < 1.29 is 27.9 Å². The summed E-state index contributed by atoms with van der Waals surface area (Å²) in [5.74, 6) is -1.84. The van der Waals surface area contributed by atoms with Gasteiger partial charge in [-0.15, -0.1) is 0 Å². The molecule has 1 aromatic rings. The van der Waals surface area contributed by atoms with Crippen molar-refractivity contribution in [2.45, 2.75) is 19.5 Å². The lowest BCUT2D eigenvalue weighted by Gasteiger charge is -2.23. The van der Waals surface area contributed by atoms with Crippen molar-refractivity contribution in [1.29, 1.82) is 0 Å². The Morgan fingerprint density at radius 1 is 1.26 bits per heavy atom. The number of hydrogen-bond acceptors (Lipinski definition) is 4. The van der Waals surface area contributed by atoms with E-state index in [0.717, 1.165) is 12.1 Å². The van der Waals surface area contributed by atoms with E-state index >= 15 is 0 Å². The third kappa shape index (κ3) is 3.86. The van der Waals surface area contributed by atoms with Gasteiger partial charge in [0, 0.05) is 0 Å². The van der Waals surface area contributed by atoms with Gasteiger partial charge in [-0.05, 0) is 31.5 Å². The molecule has 0 radical (unpaired) electrons. The van der Waals surface area contributed by atoms with Gasteiger partial charge < -0.3 is 14.2 Å². The van der Waals surface area contributed by atoms with Crippen molar-refractivity contribution in [3.8, 4) is 0 Å². The molecule has 1 rings (SSSR count). The normalized spacial score (nSPS) is 13.2. The van der Waals surface area contributed by atoms with Crippen LogP contribution in [0.25, 0.3) is 0 Å². The Morgan fingerprint density at radius 2 is 1.74 bits per heavy atom. The lowest BCUT2D eigenvalue weighted by atomic mass is 10.1. The summed E-state index contributed by atoms with van der Waals surface area (Å²) in [5, 5.41) is 9.26. The lowest BCUT2D eigenvalue weighted by molar-refractivity contribution is -0.137. The lowest BCUT2D eigenvalue weighted by Crippen LogP contribution is -2.15. The third-order valence-corrected chi connectivity index (χ3v) is 4.74. The van der Waals surface area contributed by atoms with E-state index in [0.29, 0.717) is 0 Å². The summed E-state index contributed by atoms with van der Waals surface area (Å²) < 4.78 is 35.5. The van der Waals surface area contributed by atoms with E-state index in [-0.39, 0.29) is 18.8 Å². The second-order valence-corrected chi connectivity index (χ2v) is 5.78. The highest BCUT2D eigenvalue weighted by Gasteiger charge is 2.42. The Hall–Kier alpha value is -1.23. The highest BCUT2D eigenvalue weighted by Crippen LogP contribution is 2.61. The molecule has 106 valence electrons. The van der Waals surface area contributed by atoms with Crippen LogP contribution < -0.4 is 0 Å². The van der Waals surface area contributed by atoms with E-state index < -0.39 is 25.0 Å². The van der Waals surface area contributed by atoms with Crippen LogP contribution in [0.15, 0.2) is 24.3 Å². The molecule has 19 heavy (non-hydrogen) atoms. The van der Waals surface area contributed by atoms with Crippen LogP contribution in [0.5, 0.6) is 0 Å². The first-order valence-electron chi connectivity index (χ1n) is 5.81. The van der Waals surface area contributed by atoms with Crippen LogP contribution in [0.2, 0.25) is 0 Å². The Labute approximate surface area is 110 Å². The highest BCUT2D eigenvalue weighted by molar-refractivity contribution is 7.55. The molecule has 0 aromatic heterocycles. The van der Waals surface area contributed by atoms with Gasteiger partial charge in [0.05, 0.1) is 13.2 Å². The zero-order valence-electron chi connectivity index (χ0n) is 10.7. The van der Waals surface area contributed by atoms with Gasteiger partial charge in [-0.1, -0.05) is 12.1 Å². The van der Waals surface area contributed by atoms with Crippen molar-refractivity contribution >= 4 is 13.6 Å². The second kappa shape index (κ2) is 6.80. The minimum atomic E-state index is -3.84. The molecule has 0 aliphatic carbocycles. The zero-order valence-corrected chi connectivity index (χ0v) is 11.6. The fourth-order valence-electron chi connectivity index (χ4n) is 1.65. The summed E-state index contributed by atoms with van der Waals surface area (Å²) in [6.07, 6.45) is 0. The molecule has 7 heteroatoms. The first-order valence-corrected chi connectivity index (χ1v) is 7.42. The first kappa shape index (κ1) is 15.8. The molecule has 0 aliphatic heterocycles. The smallest absolute Gasteiger partial charge is 0.349 e. The molecule has 5 nitrogen and oxygen atoms in total. The van der Waals surface area contributed by atoms with Gasteiger partial charge in [-0.25, -0.2) is 4.39 Å². The predicted molar refractivity (Wildman–Crippen MR) is 67.6 cm³/mol. The summed E-state index contributed by atoms with van der Waals surface area (Å²) >= 11 is 0. The van der Waals surface area contributed by atoms with Gasteiger partial charge in [0.2, 0.25) is 0 Å². The van der Waals surface area contributed by atoms with Gasteiger partial charge >= 0.3 is 13.6 Å². The number of hydrogen-bond donors (Lipinski definition) is 1. The van der Waals surface area contributed by atoms with E-state index in [9.17, 15) is 18.9 Å². The molecule has 0 saturated carbocycles. The maximum atomic E-state index is 12.9. The van der Waals surface area contributed by atoms with E-state index in [1.54, 1.807) is 13.8 Å². The van der Waals surface area contributed by atoms with Gasteiger partial charge in [0.15, 0.2) is 5.66 Å². The summed E-state index contributed by atoms with van der Waals surface area (Å²) in [6, 6.07) is 4.73. The molecular weight excluding hydrogens is 274 g/mol. The maximum Gasteiger partial charge on any atom is 0.349 e. The van der Waals surface area contributed by atoms with Crippen molar-refractivity contribution in [3.05, 3.63) is 35.6 Å². The van der Waals surface area contributed by atoms with Crippen molar-refractivity contribution in [2.75, 3.05) is 13.2 Å². The number of aliphatic carboxylic acids is 1. The molecule has 1 atom stereocenters. The highest BCUT2D eigenvalue weighted by atomic mass is 31.2. The predicted octanol–water partition coefficient (Wildman–Crippen LogP) is 3.22. The first-order chi connectivity index (χ1) is 8.94. The van der Waals surface area contributed by atoms with Crippen molar-refractivity contribution in [2.24, 2.45) is 0 Å². The average molecular weight is 290 g/mol. The summed E-state index contributed by atoms with van der Waals surface area (Å²) in [6.45, 7) is 3.30. The number of halogens is 1. The molecule has 0 saturated heterocycles. The van der Waals surface area contributed by atoms with Gasteiger partial charge in [-0.3, -0.25) is 9.36 Å². The zero-order chi connectivity index (χ0) is 14.5. The SMILES string of the molecule is CCOP(=O)(OCC)C(C(=O)O)c1ccc(F)cc1. The molecule has 1 N–H and O–H groups in total. The van der Waals surface area contributed by atoms with Crippen LogP contribution in [-0.4, -0.2) is 24.3 Å². The fourth-order valence-corrected chi connectivity index (χ4v) is 3.55. The summed E-state index contributed by atoms with van der Waals surface area (Å²) in [4.78, 5) is 11.4. The molecule has 1 unspecified atom stereocenters. The topological polar surface area (TPSA) is 72.8 Å². The van der Waals surface area contributed by atoms with Crippen molar-refractivity contribution in [1.82, 2.24) is 0 Å². The maximum absolute atomic E-state index is 12.9. The molecule has 0 heterocycles. The molecule has 0 amide bonds. The minimum Gasteiger partial charge on any atom is -0.480 e. The van der Waals surface area contributed by atoms with Crippen molar-refractivity contribution in [3.63, 3.8) is 0 Å². The average Bonchev–Trinajstić information content (AvgIpc) is 2.32. The summed E-state index contributed by atoms with van der Waals surface area (Å²) in [7, 11) is -3.84. The molecule has 0 spiro atoms. The molecule has 1 aromatic carbocycles. The Balaban J connectivity index is 3.21. The number of carbonyl (C=O) groups is 1. The second-order valence-electron chi connectivity index (χ2n) is 3.67. The fraction of sp³-hybridized carbons (Fsp3) is 0.417. The van der Waals surface area contributed by atoms with Crippen LogP contribution in [0.3, 0.4) is 0 Å². The number of carboxylic acid groups (broad SMARTS) is 1. The van der Waals surface area contributed by atoms with E-state index in [1.807, 2.05) is 0 Å². The van der Waals surface area contributed by atoms with Gasteiger partial charge in [0.1, 0.15) is 5.82 Å². The quantitative estimate of drug-likeness (QED) is 0.780. The van der Waals surface area contributed by atoms with Crippen LogP contribution in [0, 0.1) is 5.82 Å². The molecular formula is C12H16FO5P. The van der Waals surface area contributed by atoms with Crippen LogP contribution in [0.1, 0.15) is 25.1 Å². The van der Waals surface area contributed by atoms with E-state index in [2.05, 4.69) is 0 Å². The molecule has 0 bridgehead atoms. The monoisotopic (exact) mass is 290 g/mol. The van der Waals surface area contributed by atoms with Gasteiger partial charge in [0.25, 0.3) is 0 Å². The van der Waals surface area contributed by atoms with E-state index in [4.69, 9.17) is 9.05 Å². The van der Waals surface area contributed by atoms with Gasteiger partial charge in [-0.2, -0.15) is 0 Å². The van der Waals surface area contributed by atoms with Crippen LogP contribution in [0.4, 0.5) is 4.39 Å². The Kier molecular flexibility index (Phi) is 5.66. The minimum absolute atomic E-state index is 0.0578. The largest absolute Gasteiger partial charge is 0.480 e. The molecule has 0 aliphatic rings. The summed E-state index contributed by atoms with van der Waals surface area (Å²) in [5.41, 5.74) is -1.29. The number of carboxylic acids is 1. The molecule has 0 fully saturated rings. The number of benzene rings is 1. The van der Waals surface area contributed by atoms with Crippen LogP contribution in [-0.2, 0) is 18.4 Å². The standard InChI is InChI=1S/C12H16FO5P/c1-3-17-19(16,18-4-2)11(12(14)15)9-5-7-10(13)8-6-9/h5-8,11H,3-4H2,1-2H3,(H,14,15). The third-order valence-electron chi connectivity index (χ3n) is 2.35. The Morgan fingerprint density at radius 3 is 2.11 bits per heavy atom. The van der Waals surface area contributed by atoms with Crippen LogP contribution >= 0.6 is 7.60 Å². The Bertz CT molecular complexity index is 464. The number of rotatable bonds is 7. The van der Waals surface area contributed by atoms with E-state index in [1.165, 1.54) is 12.1 Å².